The summed E-state index contributed by atoms with van der Waals surface area (Å²) < 4.78 is 0. The highest BCUT2D eigenvalue weighted by atomic mass is 16.1. The van der Waals surface area contributed by atoms with Crippen LogP contribution in [-0.4, -0.2) is 11.5 Å². The molecule has 0 radical (unpaired) electrons. The molecule has 4 rings (SSSR count). The van der Waals surface area contributed by atoms with Gasteiger partial charge in [0.05, 0.1) is 11.4 Å². The lowest BCUT2D eigenvalue weighted by atomic mass is 9.62. The van der Waals surface area contributed by atoms with Crippen LogP contribution in [0.25, 0.3) is 0 Å². The van der Waals surface area contributed by atoms with E-state index < -0.39 is 0 Å². The molecule has 0 saturated heterocycles. The molecule has 34 heavy (non-hydrogen) atoms. The average Bonchev–Trinajstić information content (AvgIpc) is 2.85. The largest absolute Gasteiger partial charge is 0.397 e. The van der Waals surface area contributed by atoms with Gasteiger partial charge in [-0.2, -0.15) is 5.10 Å². The second-order valence-corrected chi connectivity index (χ2v) is 10.1. The molecule has 1 aliphatic rings. The van der Waals surface area contributed by atoms with Crippen LogP contribution in [0, 0.1) is 5.92 Å². The molecule has 1 aliphatic carbocycles. The molecule has 0 heterocycles. The molecule has 174 valence electrons. The molecule has 3 aromatic carbocycles. The third-order valence-corrected chi connectivity index (χ3v) is 7.25. The van der Waals surface area contributed by atoms with Gasteiger partial charge in [0, 0.05) is 16.7 Å². The van der Waals surface area contributed by atoms with E-state index in [0.29, 0.717) is 23.5 Å². The molecular formula is C30H33N3O. The van der Waals surface area contributed by atoms with Crippen molar-refractivity contribution in [3.05, 3.63) is 108 Å². The third-order valence-electron chi connectivity index (χ3n) is 7.25. The number of nitrogens with zero attached hydrogens (tertiary/aromatic N) is 1. The molecule has 0 saturated carbocycles. The van der Waals surface area contributed by atoms with Gasteiger partial charge < -0.3 is 5.73 Å². The van der Waals surface area contributed by atoms with Crippen LogP contribution in [0.4, 0.5) is 11.4 Å². The number of hydrogen-bond donors (Lipinski definition) is 2. The smallest absolute Gasteiger partial charge is 0.187 e. The van der Waals surface area contributed by atoms with Crippen molar-refractivity contribution < 1.29 is 4.79 Å². The fourth-order valence-electron chi connectivity index (χ4n) is 4.72. The lowest BCUT2D eigenvalue weighted by Crippen LogP contribution is -2.43. The number of nitrogens with two attached hydrogens (primary N) is 1. The number of benzene rings is 3. The van der Waals surface area contributed by atoms with Crippen molar-refractivity contribution in [1.29, 1.82) is 0 Å². The Morgan fingerprint density at radius 3 is 2.00 bits per heavy atom. The summed E-state index contributed by atoms with van der Waals surface area (Å²) in [7, 11) is 0. The Bertz CT molecular complexity index is 1220. The Morgan fingerprint density at radius 1 is 0.824 bits per heavy atom. The summed E-state index contributed by atoms with van der Waals surface area (Å²) in [4.78, 5) is 13.8. The SMILES string of the molecule is CC(C)(C1=CC(=NNc2ccccc2N)C(=O)C(C(C)(C)c2ccccc2)C1)c1ccccc1. The van der Waals surface area contributed by atoms with Gasteiger partial charge in [-0.3, -0.25) is 10.2 Å². The maximum absolute atomic E-state index is 13.8. The molecule has 1 unspecified atom stereocenters. The molecule has 0 spiro atoms. The Hall–Kier alpha value is -3.66. The number of ketones is 1. The number of hydrogen-bond acceptors (Lipinski definition) is 4. The predicted molar refractivity (Wildman–Crippen MR) is 142 cm³/mol. The number of para-hydroxylation sites is 2. The van der Waals surface area contributed by atoms with Crippen LogP contribution in [0.3, 0.4) is 0 Å². The highest BCUT2D eigenvalue weighted by molar-refractivity contribution is 6.46. The molecule has 0 aromatic heterocycles. The molecule has 3 aromatic rings. The van der Waals surface area contributed by atoms with E-state index in [4.69, 9.17) is 5.73 Å². The number of nitrogen functional groups attached to an aromatic ring is 1. The zero-order chi connectivity index (χ0) is 24.3. The summed E-state index contributed by atoms with van der Waals surface area (Å²) >= 11 is 0. The quantitative estimate of drug-likeness (QED) is 0.332. The van der Waals surface area contributed by atoms with Crippen molar-refractivity contribution in [3.8, 4) is 0 Å². The van der Waals surface area contributed by atoms with E-state index in [1.54, 1.807) is 0 Å². The number of hydrazone groups is 1. The van der Waals surface area contributed by atoms with Gasteiger partial charge in [-0.15, -0.1) is 0 Å². The number of nitrogens with one attached hydrogen (secondary N) is 1. The zero-order valence-electron chi connectivity index (χ0n) is 20.4. The fourth-order valence-corrected chi connectivity index (χ4v) is 4.72. The van der Waals surface area contributed by atoms with Gasteiger partial charge in [-0.05, 0) is 35.8 Å². The minimum absolute atomic E-state index is 0.0449. The first-order valence-electron chi connectivity index (χ1n) is 11.8. The number of carbonyl (C=O) groups excluding carboxylic acids is 1. The van der Waals surface area contributed by atoms with E-state index in [0.717, 1.165) is 5.56 Å². The number of rotatable bonds is 6. The fraction of sp³-hybridized carbons (Fsp3) is 0.267. The van der Waals surface area contributed by atoms with Crippen molar-refractivity contribution in [2.45, 2.75) is 44.9 Å². The molecule has 1 atom stereocenters. The van der Waals surface area contributed by atoms with E-state index in [1.807, 2.05) is 54.6 Å². The lowest BCUT2D eigenvalue weighted by Gasteiger charge is -2.40. The van der Waals surface area contributed by atoms with E-state index in [2.05, 4.69) is 74.6 Å². The van der Waals surface area contributed by atoms with Crippen LogP contribution in [0.5, 0.6) is 0 Å². The molecule has 4 nitrogen and oxygen atoms in total. The topological polar surface area (TPSA) is 67.5 Å². The lowest BCUT2D eigenvalue weighted by molar-refractivity contribution is -0.118. The number of anilines is 2. The highest BCUT2D eigenvalue weighted by Crippen LogP contribution is 2.44. The van der Waals surface area contributed by atoms with Gasteiger partial charge >= 0.3 is 0 Å². The second-order valence-electron chi connectivity index (χ2n) is 10.1. The molecular weight excluding hydrogens is 418 g/mol. The van der Waals surface area contributed by atoms with Gasteiger partial charge in [0.2, 0.25) is 0 Å². The number of allylic oxidation sites excluding steroid dienone is 2. The molecule has 3 N–H and O–H groups in total. The predicted octanol–water partition coefficient (Wildman–Crippen LogP) is 6.51. The minimum Gasteiger partial charge on any atom is -0.397 e. The molecule has 0 amide bonds. The maximum atomic E-state index is 13.8. The van der Waals surface area contributed by atoms with E-state index in [-0.39, 0.29) is 22.5 Å². The number of Topliss-reactive ketones (excluding diaryl/α,β-unsaturated/α-hetero) is 1. The monoisotopic (exact) mass is 451 g/mol. The van der Waals surface area contributed by atoms with Crippen LogP contribution in [0.15, 0.2) is 102 Å². The van der Waals surface area contributed by atoms with Gasteiger partial charge in [0.15, 0.2) is 5.78 Å². The van der Waals surface area contributed by atoms with Crippen molar-refractivity contribution >= 4 is 22.9 Å². The van der Waals surface area contributed by atoms with E-state index >= 15 is 0 Å². The Morgan fingerprint density at radius 2 is 1.38 bits per heavy atom. The molecule has 0 fully saturated rings. The van der Waals surface area contributed by atoms with Crippen LogP contribution >= 0.6 is 0 Å². The maximum Gasteiger partial charge on any atom is 0.187 e. The molecule has 0 bridgehead atoms. The van der Waals surface area contributed by atoms with E-state index in [1.165, 1.54) is 11.1 Å². The number of carbonyl (C=O) groups is 1. The van der Waals surface area contributed by atoms with Gasteiger partial charge in [-0.25, -0.2) is 0 Å². The first-order valence-corrected chi connectivity index (χ1v) is 11.8. The Labute approximate surface area is 202 Å². The average molecular weight is 452 g/mol. The first-order chi connectivity index (χ1) is 16.2. The van der Waals surface area contributed by atoms with Crippen molar-refractivity contribution in [3.63, 3.8) is 0 Å². The van der Waals surface area contributed by atoms with Crippen molar-refractivity contribution in [1.82, 2.24) is 0 Å². The third kappa shape index (κ3) is 4.54. The van der Waals surface area contributed by atoms with Gasteiger partial charge in [0.1, 0.15) is 5.71 Å². The Kier molecular flexibility index (Phi) is 6.43. The Balaban J connectivity index is 1.79. The summed E-state index contributed by atoms with van der Waals surface area (Å²) in [6.45, 7) is 8.75. The van der Waals surface area contributed by atoms with Gasteiger partial charge in [-0.1, -0.05) is 106 Å². The minimum atomic E-state index is -0.364. The highest BCUT2D eigenvalue weighted by Gasteiger charge is 2.43. The second kappa shape index (κ2) is 9.30. The summed E-state index contributed by atoms with van der Waals surface area (Å²) in [6, 6.07) is 28.2. The van der Waals surface area contributed by atoms with Crippen molar-refractivity contribution in [2.24, 2.45) is 11.0 Å². The normalized spacial score (nSPS) is 18.0. The van der Waals surface area contributed by atoms with Crippen LogP contribution in [-0.2, 0) is 15.6 Å². The standard InChI is InChI=1S/C30H33N3O/c1-29(2,21-13-7-5-8-14-21)23-19-24(30(3,4)22-15-9-6-10-16-22)28(34)27(20-23)33-32-26-18-12-11-17-25(26)31/h5-18,20,24,32H,19,31H2,1-4H3. The first kappa shape index (κ1) is 23.5. The summed E-state index contributed by atoms with van der Waals surface area (Å²) in [5.74, 6) is -0.199. The summed E-state index contributed by atoms with van der Waals surface area (Å²) in [6.07, 6.45) is 2.65. The van der Waals surface area contributed by atoms with Gasteiger partial charge in [0.25, 0.3) is 0 Å². The molecule has 4 heteroatoms. The zero-order valence-corrected chi connectivity index (χ0v) is 20.4. The van der Waals surface area contributed by atoms with Crippen LogP contribution in [0.2, 0.25) is 0 Å². The van der Waals surface area contributed by atoms with Crippen LogP contribution < -0.4 is 11.2 Å². The molecule has 0 aliphatic heterocycles. The van der Waals surface area contributed by atoms with Crippen LogP contribution in [0.1, 0.15) is 45.2 Å². The van der Waals surface area contributed by atoms with E-state index in [9.17, 15) is 4.79 Å². The summed E-state index contributed by atoms with van der Waals surface area (Å²) in [5, 5.41) is 4.57. The summed E-state index contributed by atoms with van der Waals surface area (Å²) in [5.41, 5.74) is 13.8. The van der Waals surface area contributed by atoms with Crippen molar-refractivity contribution in [2.75, 3.05) is 11.2 Å².